The topological polar surface area (TPSA) is 66.5 Å². The Morgan fingerprint density at radius 1 is 1.12 bits per heavy atom. The highest BCUT2D eigenvalue weighted by Gasteiger charge is 2.37. The zero-order valence-electron chi connectivity index (χ0n) is 8.47. The van der Waals surface area contributed by atoms with Crippen LogP contribution in [0, 0.1) is 0 Å². The van der Waals surface area contributed by atoms with Crippen LogP contribution < -0.4 is 10.2 Å². The Morgan fingerprint density at radius 2 is 1.94 bits per heavy atom. The van der Waals surface area contributed by atoms with Gasteiger partial charge in [-0.15, -0.1) is 11.3 Å². The summed E-state index contributed by atoms with van der Waals surface area (Å²) in [6.07, 6.45) is 0. The number of urea groups is 1. The number of fused-ring (bicyclic) bond motifs is 1. The average molecular weight is 246 g/mol. The van der Waals surface area contributed by atoms with E-state index in [4.69, 9.17) is 0 Å². The molecule has 0 radical (unpaired) electrons. The third-order valence-corrected chi connectivity index (χ3v) is 3.41. The summed E-state index contributed by atoms with van der Waals surface area (Å²) in [5.74, 6) is -1.73. The molecule has 3 rings (SSSR count). The van der Waals surface area contributed by atoms with Gasteiger partial charge in [0.15, 0.2) is 0 Å². The molecule has 1 aromatic carbocycles. The molecule has 1 aliphatic heterocycles. The van der Waals surface area contributed by atoms with Gasteiger partial charge in [-0.1, -0.05) is 0 Å². The van der Waals surface area contributed by atoms with Gasteiger partial charge in [0.2, 0.25) is 0 Å². The summed E-state index contributed by atoms with van der Waals surface area (Å²) in [5.41, 5.74) is 0.407. The van der Waals surface area contributed by atoms with E-state index in [0.29, 0.717) is 5.69 Å². The number of nitrogens with zero attached hydrogens (tertiary/aromatic N) is 1. The number of thiophene rings is 1. The van der Waals surface area contributed by atoms with Crippen molar-refractivity contribution in [1.82, 2.24) is 5.32 Å². The van der Waals surface area contributed by atoms with Gasteiger partial charge in [0.25, 0.3) is 0 Å². The smallest absolute Gasteiger partial charge is 0.269 e. The number of rotatable bonds is 1. The molecule has 1 saturated heterocycles. The number of amides is 4. The molecule has 0 aliphatic carbocycles. The molecule has 0 bridgehead atoms. The second-order valence-electron chi connectivity index (χ2n) is 3.54. The largest absolute Gasteiger partial charge is 0.336 e. The molecule has 5 nitrogen and oxygen atoms in total. The van der Waals surface area contributed by atoms with Crippen molar-refractivity contribution in [1.29, 1.82) is 0 Å². The Labute approximate surface area is 99.6 Å². The minimum Gasteiger partial charge on any atom is -0.269 e. The van der Waals surface area contributed by atoms with Crippen molar-refractivity contribution in [2.75, 3.05) is 4.90 Å². The molecule has 6 heteroatoms. The second kappa shape index (κ2) is 3.39. The standard InChI is InChI=1S/C11H6N2O3S/c14-9-10(15)13(11(16)12-9)7-1-2-8-6(5-7)3-4-17-8/h1-5H,(H,12,14,16). The molecule has 1 aliphatic rings. The van der Waals surface area contributed by atoms with Crippen LogP contribution in [0.15, 0.2) is 29.6 Å². The van der Waals surface area contributed by atoms with E-state index in [-0.39, 0.29) is 0 Å². The first-order chi connectivity index (χ1) is 8.16. The zero-order chi connectivity index (χ0) is 12.0. The Balaban J connectivity index is 2.11. The maximum Gasteiger partial charge on any atom is 0.336 e. The van der Waals surface area contributed by atoms with E-state index in [0.717, 1.165) is 15.0 Å². The minimum absolute atomic E-state index is 0.407. The summed E-state index contributed by atoms with van der Waals surface area (Å²) < 4.78 is 1.06. The number of carbonyl (C=O) groups excluding carboxylic acids is 3. The first-order valence-corrected chi connectivity index (χ1v) is 5.71. The zero-order valence-corrected chi connectivity index (χ0v) is 9.28. The van der Waals surface area contributed by atoms with Crippen LogP contribution in [0.2, 0.25) is 0 Å². The monoisotopic (exact) mass is 246 g/mol. The normalized spacial score (nSPS) is 15.8. The molecule has 4 amide bonds. The third kappa shape index (κ3) is 1.42. The van der Waals surface area contributed by atoms with Crippen LogP contribution in [0.5, 0.6) is 0 Å². The van der Waals surface area contributed by atoms with Crippen molar-refractivity contribution in [3.63, 3.8) is 0 Å². The maximum absolute atomic E-state index is 11.5. The fourth-order valence-corrected chi connectivity index (χ4v) is 2.50. The maximum atomic E-state index is 11.5. The Morgan fingerprint density at radius 3 is 2.65 bits per heavy atom. The quantitative estimate of drug-likeness (QED) is 0.612. The molecular weight excluding hydrogens is 240 g/mol. The van der Waals surface area contributed by atoms with E-state index < -0.39 is 17.8 Å². The molecule has 2 aromatic rings. The van der Waals surface area contributed by atoms with Crippen molar-refractivity contribution < 1.29 is 14.4 Å². The van der Waals surface area contributed by atoms with Crippen molar-refractivity contribution in [2.45, 2.75) is 0 Å². The first kappa shape index (κ1) is 9.98. The van der Waals surface area contributed by atoms with Crippen molar-refractivity contribution in [3.8, 4) is 0 Å². The molecular formula is C11H6N2O3S. The lowest BCUT2D eigenvalue weighted by atomic mass is 10.2. The van der Waals surface area contributed by atoms with Crippen LogP contribution in [-0.4, -0.2) is 17.8 Å². The lowest BCUT2D eigenvalue weighted by Crippen LogP contribution is -2.30. The summed E-state index contributed by atoms with van der Waals surface area (Å²) in [6, 6.07) is 6.37. The highest BCUT2D eigenvalue weighted by atomic mass is 32.1. The number of imide groups is 2. The number of nitrogens with one attached hydrogen (secondary N) is 1. The van der Waals surface area contributed by atoms with E-state index in [1.54, 1.807) is 23.5 Å². The van der Waals surface area contributed by atoms with Gasteiger partial charge in [-0.3, -0.25) is 14.9 Å². The van der Waals surface area contributed by atoms with Crippen LogP contribution in [-0.2, 0) is 9.59 Å². The number of carbonyl (C=O) groups is 3. The molecule has 2 heterocycles. The Hall–Kier alpha value is -2.21. The Bertz CT molecular complexity index is 662. The fourth-order valence-electron chi connectivity index (χ4n) is 1.73. The van der Waals surface area contributed by atoms with Crippen molar-refractivity contribution in [3.05, 3.63) is 29.6 Å². The average Bonchev–Trinajstić information content (AvgIpc) is 2.84. The molecule has 17 heavy (non-hydrogen) atoms. The van der Waals surface area contributed by atoms with E-state index in [9.17, 15) is 14.4 Å². The van der Waals surface area contributed by atoms with Gasteiger partial charge in [-0.05, 0) is 35.0 Å². The number of hydrogen-bond acceptors (Lipinski definition) is 4. The number of benzene rings is 1. The summed E-state index contributed by atoms with van der Waals surface area (Å²) in [4.78, 5) is 34.8. The molecule has 0 unspecified atom stereocenters. The van der Waals surface area contributed by atoms with Crippen molar-refractivity contribution >= 4 is 45.0 Å². The van der Waals surface area contributed by atoms with Crippen LogP contribution in [0.1, 0.15) is 0 Å². The highest BCUT2D eigenvalue weighted by Crippen LogP contribution is 2.27. The molecule has 84 valence electrons. The molecule has 0 atom stereocenters. The van der Waals surface area contributed by atoms with Gasteiger partial charge in [0, 0.05) is 4.70 Å². The second-order valence-corrected chi connectivity index (χ2v) is 4.49. The predicted molar refractivity (Wildman–Crippen MR) is 62.8 cm³/mol. The summed E-state index contributed by atoms with van der Waals surface area (Å²) in [7, 11) is 0. The van der Waals surface area contributed by atoms with Gasteiger partial charge in [-0.25, -0.2) is 9.69 Å². The van der Waals surface area contributed by atoms with E-state index >= 15 is 0 Å². The summed E-state index contributed by atoms with van der Waals surface area (Å²) in [6.45, 7) is 0. The van der Waals surface area contributed by atoms with Gasteiger partial charge in [-0.2, -0.15) is 0 Å². The SMILES string of the molecule is O=C1NC(=O)N(c2ccc3sccc3c2)C1=O. The Kier molecular flexibility index (Phi) is 1.99. The molecule has 1 aromatic heterocycles. The minimum atomic E-state index is -0.889. The summed E-state index contributed by atoms with van der Waals surface area (Å²) in [5, 5.41) is 4.82. The van der Waals surface area contributed by atoms with Crippen LogP contribution in [0.25, 0.3) is 10.1 Å². The van der Waals surface area contributed by atoms with E-state index in [1.807, 2.05) is 22.8 Å². The lowest BCUT2D eigenvalue weighted by molar-refractivity contribution is -0.134. The van der Waals surface area contributed by atoms with Crippen LogP contribution in [0.4, 0.5) is 10.5 Å². The van der Waals surface area contributed by atoms with Crippen LogP contribution in [0.3, 0.4) is 0 Å². The van der Waals surface area contributed by atoms with Gasteiger partial charge < -0.3 is 0 Å². The molecule has 1 N–H and O–H groups in total. The highest BCUT2D eigenvalue weighted by molar-refractivity contribution is 7.17. The van der Waals surface area contributed by atoms with Gasteiger partial charge in [0.1, 0.15) is 0 Å². The van der Waals surface area contributed by atoms with Crippen molar-refractivity contribution in [2.24, 2.45) is 0 Å². The fraction of sp³-hybridized carbons (Fsp3) is 0. The third-order valence-electron chi connectivity index (χ3n) is 2.52. The van der Waals surface area contributed by atoms with Gasteiger partial charge in [0.05, 0.1) is 5.69 Å². The number of hydrogen-bond donors (Lipinski definition) is 1. The lowest BCUT2D eigenvalue weighted by Gasteiger charge is -2.10. The van der Waals surface area contributed by atoms with Crippen LogP contribution >= 0.6 is 11.3 Å². The number of anilines is 1. The van der Waals surface area contributed by atoms with E-state index in [1.165, 1.54) is 0 Å². The first-order valence-electron chi connectivity index (χ1n) is 4.83. The molecule has 0 saturated carbocycles. The molecule has 0 spiro atoms. The summed E-state index contributed by atoms with van der Waals surface area (Å²) >= 11 is 1.57. The predicted octanol–water partition coefficient (Wildman–Crippen LogP) is 1.48. The van der Waals surface area contributed by atoms with E-state index in [2.05, 4.69) is 0 Å². The molecule has 1 fully saturated rings. The van der Waals surface area contributed by atoms with Gasteiger partial charge >= 0.3 is 17.8 Å².